The second kappa shape index (κ2) is 6.41. The van der Waals surface area contributed by atoms with Crippen LogP contribution >= 0.6 is 23.2 Å². The number of nitrogens with zero attached hydrogens (tertiary/aromatic N) is 1. The average molecular weight is 343 g/mol. The Hall–Kier alpha value is -2.36. The van der Waals surface area contributed by atoms with Crippen LogP contribution in [0.1, 0.15) is 10.4 Å². The standard InChI is InChI=1S/C18H12Cl2N2O/c19-13-5-1-3-11(9-13)16-8-7-15(18(21)23)17(22-16)12-4-2-6-14(20)10-12/h1-10H,(H2,21,23). The lowest BCUT2D eigenvalue weighted by molar-refractivity contribution is 0.100. The largest absolute Gasteiger partial charge is 0.366 e. The molecule has 2 aromatic carbocycles. The van der Waals surface area contributed by atoms with Gasteiger partial charge in [0.1, 0.15) is 0 Å². The van der Waals surface area contributed by atoms with E-state index in [-0.39, 0.29) is 0 Å². The first-order chi connectivity index (χ1) is 11.0. The van der Waals surface area contributed by atoms with Gasteiger partial charge in [-0.3, -0.25) is 4.79 Å². The van der Waals surface area contributed by atoms with Crippen molar-refractivity contribution in [1.82, 2.24) is 4.98 Å². The minimum Gasteiger partial charge on any atom is -0.366 e. The van der Waals surface area contributed by atoms with Gasteiger partial charge in [-0.25, -0.2) is 4.98 Å². The zero-order valence-electron chi connectivity index (χ0n) is 12.0. The first-order valence-corrected chi connectivity index (χ1v) is 7.63. The monoisotopic (exact) mass is 342 g/mol. The second-order valence-electron chi connectivity index (χ2n) is 4.98. The Labute approximate surface area is 143 Å². The Morgan fingerprint density at radius 2 is 1.48 bits per heavy atom. The van der Waals surface area contributed by atoms with Crippen molar-refractivity contribution < 1.29 is 4.79 Å². The molecule has 3 rings (SSSR count). The molecule has 0 saturated carbocycles. The van der Waals surface area contributed by atoms with E-state index in [1.165, 1.54) is 0 Å². The SMILES string of the molecule is NC(=O)c1ccc(-c2cccc(Cl)c2)nc1-c1cccc(Cl)c1. The van der Waals surface area contributed by atoms with Crippen LogP contribution in [0.2, 0.25) is 10.0 Å². The van der Waals surface area contributed by atoms with E-state index in [0.29, 0.717) is 27.0 Å². The summed E-state index contributed by atoms with van der Waals surface area (Å²) in [6.45, 7) is 0. The highest BCUT2D eigenvalue weighted by molar-refractivity contribution is 6.31. The molecular formula is C18H12Cl2N2O. The third-order valence-corrected chi connectivity index (χ3v) is 3.85. The number of aromatic nitrogens is 1. The molecule has 0 atom stereocenters. The summed E-state index contributed by atoms with van der Waals surface area (Å²) in [6, 6.07) is 17.9. The van der Waals surface area contributed by atoms with Crippen molar-refractivity contribution in [2.75, 3.05) is 0 Å². The minimum atomic E-state index is -0.537. The molecule has 0 radical (unpaired) electrons. The summed E-state index contributed by atoms with van der Waals surface area (Å²) >= 11 is 12.1. The summed E-state index contributed by atoms with van der Waals surface area (Å²) < 4.78 is 0. The number of nitrogens with two attached hydrogens (primary N) is 1. The fourth-order valence-electron chi connectivity index (χ4n) is 2.32. The van der Waals surface area contributed by atoms with Crippen LogP contribution in [0.4, 0.5) is 0 Å². The van der Waals surface area contributed by atoms with Crippen LogP contribution in [0.5, 0.6) is 0 Å². The van der Waals surface area contributed by atoms with Gasteiger partial charge in [0.15, 0.2) is 0 Å². The molecule has 3 nitrogen and oxygen atoms in total. The van der Waals surface area contributed by atoms with Gasteiger partial charge in [-0.05, 0) is 36.4 Å². The summed E-state index contributed by atoms with van der Waals surface area (Å²) in [6.07, 6.45) is 0. The molecule has 0 aliphatic rings. The van der Waals surface area contributed by atoms with Crippen molar-refractivity contribution >= 4 is 29.1 Å². The summed E-state index contributed by atoms with van der Waals surface area (Å²) in [4.78, 5) is 16.3. The van der Waals surface area contributed by atoms with E-state index < -0.39 is 5.91 Å². The van der Waals surface area contributed by atoms with Crippen LogP contribution < -0.4 is 5.73 Å². The number of amides is 1. The van der Waals surface area contributed by atoms with E-state index in [9.17, 15) is 4.79 Å². The Bertz CT molecular complexity index is 894. The molecule has 2 N–H and O–H groups in total. The molecule has 1 heterocycles. The van der Waals surface area contributed by atoms with Gasteiger partial charge in [0, 0.05) is 21.2 Å². The van der Waals surface area contributed by atoms with Crippen LogP contribution in [0.3, 0.4) is 0 Å². The average Bonchev–Trinajstić information content (AvgIpc) is 2.54. The number of rotatable bonds is 3. The van der Waals surface area contributed by atoms with E-state index in [2.05, 4.69) is 4.98 Å². The molecule has 3 aromatic rings. The van der Waals surface area contributed by atoms with Gasteiger partial charge in [0.2, 0.25) is 0 Å². The summed E-state index contributed by atoms with van der Waals surface area (Å²) in [5.74, 6) is -0.537. The van der Waals surface area contributed by atoms with Gasteiger partial charge >= 0.3 is 0 Å². The fraction of sp³-hybridized carbons (Fsp3) is 0. The van der Waals surface area contributed by atoms with E-state index >= 15 is 0 Å². The van der Waals surface area contributed by atoms with Gasteiger partial charge in [-0.1, -0.05) is 47.5 Å². The summed E-state index contributed by atoms with van der Waals surface area (Å²) in [5.41, 5.74) is 8.60. The maximum atomic E-state index is 11.7. The number of carbonyl (C=O) groups excluding carboxylic acids is 1. The number of halogens is 2. The fourth-order valence-corrected chi connectivity index (χ4v) is 2.70. The lowest BCUT2D eigenvalue weighted by Gasteiger charge is -2.10. The third-order valence-electron chi connectivity index (χ3n) is 3.38. The van der Waals surface area contributed by atoms with E-state index in [0.717, 1.165) is 11.1 Å². The number of benzene rings is 2. The highest BCUT2D eigenvalue weighted by Crippen LogP contribution is 2.28. The lowest BCUT2D eigenvalue weighted by Crippen LogP contribution is -2.13. The van der Waals surface area contributed by atoms with Gasteiger partial charge in [0.25, 0.3) is 5.91 Å². The number of primary amides is 1. The van der Waals surface area contributed by atoms with Crippen LogP contribution in [0.25, 0.3) is 22.5 Å². The predicted octanol–water partition coefficient (Wildman–Crippen LogP) is 4.82. The Balaban J connectivity index is 2.20. The molecule has 0 bridgehead atoms. The second-order valence-corrected chi connectivity index (χ2v) is 5.85. The quantitative estimate of drug-likeness (QED) is 0.741. The van der Waals surface area contributed by atoms with Crippen molar-refractivity contribution in [3.8, 4) is 22.5 Å². The zero-order chi connectivity index (χ0) is 16.4. The first-order valence-electron chi connectivity index (χ1n) is 6.87. The molecule has 0 fully saturated rings. The highest BCUT2D eigenvalue weighted by Gasteiger charge is 2.14. The van der Waals surface area contributed by atoms with E-state index in [4.69, 9.17) is 28.9 Å². The number of hydrogen-bond donors (Lipinski definition) is 1. The molecule has 1 aromatic heterocycles. The molecule has 0 saturated heterocycles. The first kappa shape index (κ1) is 15.5. The molecule has 0 unspecified atom stereocenters. The Kier molecular flexibility index (Phi) is 4.33. The molecule has 0 aliphatic heterocycles. The molecule has 0 aliphatic carbocycles. The molecule has 1 amide bonds. The van der Waals surface area contributed by atoms with Crippen molar-refractivity contribution in [2.24, 2.45) is 5.73 Å². The van der Waals surface area contributed by atoms with Gasteiger partial charge in [0.05, 0.1) is 17.0 Å². The highest BCUT2D eigenvalue weighted by atomic mass is 35.5. The Morgan fingerprint density at radius 3 is 2.09 bits per heavy atom. The number of carbonyl (C=O) groups is 1. The van der Waals surface area contributed by atoms with Crippen molar-refractivity contribution in [3.05, 3.63) is 76.3 Å². The van der Waals surface area contributed by atoms with Crippen LogP contribution in [-0.2, 0) is 0 Å². The molecule has 0 spiro atoms. The van der Waals surface area contributed by atoms with Crippen molar-refractivity contribution in [1.29, 1.82) is 0 Å². The normalized spacial score (nSPS) is 10.5. The maximum Gasteiger partial charge on any atom is 0.250 e. The molecular weight excluding hydrogens is 331 g/mol. The van der Waals surface area contributed by atoms with Crippen LogP contribution in [0, 0.1) is 0 Å². The minimum absolute atomic E-state index is 0.345. The van der Waals surface area contributed by atoms with Gasteiger partial charge < -0.3 is 5.73 Å². The topological polar surface area (TPSA) is 56.0 Å². The zero-order valence-corrected chi connectivity index (χ0v) is 13.5. The lowest BCUT2D eigenvalue weighted by atomic mass is 10.0. The number of hydrogen-bond acceptors (Lipinski definition) is 2. The number of pyridine rings is 1. The van der Waals surface area contributed by atoms with Crippen LogP contribution in [0.15, 0.2) is 60.7 Å². The van der Waals surface area contributed by atoms with E-state index in [1.54, 1.807) is 36.4 Å². The van der Waals surface area contributed by atoms with Crippen molar-refractivity contribution in [2.45, 2.75) is 0 Å². The third kappa shape index (κ3) is 3.36. The van der Waals surface area contributed by atoms with E-state index in [1.807, 2.05) is 24.3 Å². The van der Waals surface area contributed by atoms with Crippen LogP contribution in [-0.4, -0.2) is 10.9 Å². The molecule has 23 heavy (non-hydrogen) atoms. The summed E-state index contributed by atoms with van der Waals surface area (Å²) in [5, 5.41) is 1.18. The molecule has 5 heteroatoms. The van der Waals surface area contributed by atoms with Crippen molar-refractivity contribution in [3.63, 3.8) is 0 Å². The molecule has 114 valence electrons. The predicted molar refractivity (Wildman–Crippen MR) is 93.6 cm³/mol. The van der Waals surface area contributed by atoms with Gasteiger partial charge in [-0.15, -0.1) is 0 Å². The smallest absolute Gasteiger partial charge is 0.250 e. The maximum absolute atomic E-state index is 11.7. The van der Waals surface area contributed by atoms with Gasteiger partial charge in [-0.2, -0.15) is 0 Å². The summed E-state index contributed by atoms with van der Waals surface area (Å²) in [7, 11) is 0. The Morgan fingerprint density at radius 1 is 0.870 bits per heavy atom.